The van der Waals surface area contributed by atoms with E-state index in [1.54, 1.807) is 6.20 Å². The molecule has 121 valence electrons. The van der Waals surface area contributed by atoms with Crippen molar-refractivity contribution in [1.82, 2.24) is 9.88 Å². The van der Waals surface area contributed by atoms with Gasteiger partial charge in [-0.3, -0.25) is 0 Å². The maximum atomic E-state index is 5.95. The number of pyridine rings is 1. The van der Waals surface area contributed by atoms with E-state index in [0.717, 1.165) is 57.4 Å². The van der Waals surface area contributed by atoms with Gasteiger partial charge in [-0.15, -0.1) is 0 Å². The van der Waals surface area contributed by atoms with Crippen LogP contribution in [0.25, 0.3) is 0 Å². The van der Waals surface area contributed by atoms with Gasteiger partial charge in [0.1, 0.15) is 0 Å². The molecule has 0 saturated carbocycles. The highest BCUT2D eigenvalue weighted by Crippen LogP contribution is 2.25. The largest absolute Gasteiger partial charge is 0.489 e. The summed E-state index contributed by atoms with van der Waals surface area (Å²) in [4.78, 5) is 9.24. The predicted octanol–water partition coefficient (Wildman–Crippen LogP) is 1.97. The maximum Gasteiger partial charge on any atom is 0.172 e. The van der Waals surface area contributed by atoms with E-state index < -0.39 is 0 Å². The molecule has 1 aromatic heterocycles. The van der Waals surface area contributed by atoms with E-state index >= 15 is 0 Å². The molecule has 0 atom stereocenters. The lowest BCUT2D eigenvalue weighted by Gasteiger charge is -2.29. The average Bonchev–Trinajstić information content (AvgIpc) is 2.61. The molecule has 0 N–H and O–H groups in total. The minimum Gasteiger partial charge on any atom is -0.489 e. The van der Waals surface area contributed by atoms with Crippen molar-refractivity contribution in [1.29, 1.82) is 0 Å². The maximum absolute atomic E-state index is 5.95. The highest BCUT2D eigenvalue weighted by atomic mass is 16.5. The molecule has 3 heterocycles. The average molecular weight is 304 g/mol. The molecule has 0 bridgehead atoms. The van der Waals surface area contributed by atoms with Gasteiger partial charge >= 0.3 is 0 Å². The summed E-state index contributed by atoms with van der Waals surface area (Å²) >= 11 is 0. The SMILES string of the molecule is [c]1ccnc(N2CCOCC2)c1OCCCN1CCCCC1. The molecule has 1 aromatic rings. The van der Waals surface area contributed by atoms with Gasteiger partial charge in [0, 0.05) is 31.9 Å². The Morgan fingerprint density at radius 3 is 2.77 bits per heavy atom. The number of morpholine rings is 1. The van der Waals surface area contributed by atoms with Gasteiger partial charge in [0.25, 0.3) is 0 Å². The van der Waals surface area contributed by atoms with Crippen molar-refractivity contribution < 1.29 is 9.47 Å². The molecule has 2 fully saturated rings. The summed E-state index contributed by atoms with van der Waals surface area (Å²) in [5.74, 6) is 1.69. The molecule has 5 nitrogen and oxygen atoms in total. The minimum absolute atomic E-state index is 0.732. The molecule has 3 rings (SSSR count). The van der Waals surface area contributed by atoms with Crippen molar-refractivity contribution in [2.45, 2.75) is 25.7 Å². The number of ether oxygens (including phenoxy) is 2. The zero-order valence-corrected chi connectivity index (χ0v) is 13.3. The molecule has 0 unspecified atom stereocenters. The number of likely N-dealkylation sites (tertiary alicyclic amines) is 1. The van der Waals surface area contributed by atoms with Gasteiger partial charge in [0.05, 0.1) is 19.8 Å². The lowest BCUT2D eigenvalue weighted by molar-refractivity contribution is 0.122. The smallest absolute Gasteiger partial charge is 0.172 e. The van der Waals surface area contributed by atoms with E-state index in [1.807, 2.05) is 6.07 Å². The number of nitrogens with zero attached hydrogens (tertiary/aromatic N) is 3. The van der Waals surface area contributed by atoms with Crippen LogP contribution < -0.4 is 9.64 Å². The van der Waals surface area contributed by atoms with Gasteiger partial charge in [-0.1, -0.05) is 6.42 Å². The number of anilines is 1. The number of hydrogen-bond donors (Lipinski definition) is 0. The van der Waals surface area contributed by atoms with Gasteiger partial charge in [-0.05, 0) is 38.4 Å². The summed E-state index contributed by atoms with van der Waals surface area (Å²) in [5, 5.41) is 0. The van der Waals surface area contributed by atoms with Crippen molar-refractivity contribution in [3.63, 3.8) is 0 Å². The Morgan fingerprint density at radius 1 is 1.14 bits per heavy atom. The highest BCUT2D eigenvalue weighted by Gasteiger charge is 2.17. The molecular formula is C17H26N3O2. The van der Waals surface area contributed by atoms with Crippen molar-refractivity contribution in [3.05, 3.63) is 18.3 Å². The summed E-state index contributed by atoms with van der Waals surface area (Å²) in [7, 11) is 0. The van der Waals surface area contributed by atoms with Crippen LogP contribution in [-0.2, 0) is 4.74 Å². The van der Waals surface area contributed by atoms with E-state index in [4.69, 9.17) is 9.47 Å². The van der Waals surface area contributed by atoms with Crippen LogP contribution in [0, 0.1) is 6.07 Å². The molecule has 2 saturated heterocycles. The summed E-state index contributed by atoms with van der Waals surface area (Å²) in [6, 6.07) is 5.02. The minimum atomic E-state index is 0.732. The van der Waals surface area contributed by atoms with Crippen LogP contribution in [0.1, 0.15) is 25.7 Å². The van der Waals surface area contributed by atoms with E-state index in [2.05, 4.69) is 20.9 Å². The lowest BCUT2D eigenvalue weighted by Crippen LogP contribution is -2.37. The summed E-state index contributed by atoms with van der Waals surface area (Å²) in [5.41, 5.74) is 0. The molecule has 0 aromatic carbocycles. The first kappa shape index (κ1) is 15.6. The van der Waals surface area contributed by atoms with Crippen molar-refractivity contribution in [3.8, 4) is 5.75 Å². The Morgan fingerprint density at radius 2 is 1.95 bits per heavy atom. The Bertz CT molecular complexity index is 443. The van der Waals surface area contributed by atoms with Crippen LogP contribution in [0.15, 0.2) is 12.3 Å². The number of aromatic nitrogens is 1. The van der Waals surface area contributed by atoms with E-state index in [0.29, 0.717) is 0 Å². The second kappa shape index (κ2) is 8.34. The Balaban J connectivity index is 1.47. The fourth-order valence-electron chi connectivity index (χ4n) is 3.10. The van der Waals surface area contributed by atoms with Gasteiger partial charge in [0.2, 0.25) is 0 Å². The fourth-order valence-corrected chi connectivity index (χ4v) is 3.10. The zero-order valence-electron chi connectivity index (χ0n) is 13.3. The Labute approximate surface area is 133 Å². The van der Waals surface area contributed by atoms with Crippen LogP contribution >= 0.6 is 0 Å². The van der Waals surface area contributed by atoms with Crippen molar-refractivity contribution in [2.24, 2.45) is 0 Å². The molecule has 0 aliphatic carbocycles. The number of hydrogen-bond acceptors (Lipinski definition) is 5. The van der Waals surface area contributed by atoms with Crippen LogP contribution in [-0.4, -0.2) is 62.4 Å². The van der Waals surface area contributed by atoms with Crippen LogP contribution in [0.5, 0.6) is 5.75 Å². The third kappa shape index (κ3) is 4.34. The zero-order chi connectivity index (χ0) is 15.0. The second-order valence-corrected chi connectivity index (χ2v) is 5.95. The Kier molecular flexibility index (Phi) is 5.90. The second-order valence-electron chi connectivity index (χ2n) is 5.95. The first-order valence-electron chi connectivity index (χ1n) is 8.48. The first-order valence-corrected chi connectivity index (χ1v) is 8.48. The normalized spacial score (nSPS) is 20.1. The number of rotatable bonds is 6. The van der Waals surface area contributed by atoms with Crippen LogP contribution in [0.4, 0.5) is 5.82 Å². The van der Waals surface area contributed by atoms with Crippen molar-refractivity contribution in [2.75, 3.05) is 57.4 Å². The van der Waals surface area contributed by atoms with Gasteiger partial charge in [0.15, 0.2) is 11.6 Å². The van der Waals surface area contributed by atoms with Gasteiger partial charge in [-0.25, -0.2) is 4.98 Å². The molecule has 0 spiro atoms. The molecule has 5 heteroatoms. The van der Waals surface area contributed by atoms with Gasteiger partial charge < -0.3 is 19.3 Å². The quantitative estimate of drug-likeness (QED) is 0.751. The lowest BCUT2D eigenvalue weighted by atomic mass is 10.1. The topological polar surface area (TPSA) is 37.8 Å². The highest BCUT2D eigenvalue weighted by molar-refractivity contribution is 5.51. The monoisotopic (exact) mass is 304 g/mol. The van der Waals surface area contributed by atoms with Crippen LogP contribution in [0.2, 0.25) is 0 Å². The summed E-state index contributed by atoms with van der Waals surface area (Å²) < 4.78 is 11.4. The third-order valence-corrected chi connectivity index (χ3v) is 4.31. The van der Waals surface area contributed by atoms with E-state index in [1.165, 1.54) is 32.4 Å². The standard InChI is InChI=1S/C17H26N3O2/c1-2-8-19(9-3-1)10-5-13-22-16-6-4-7-18-17(16)20-11-14-21-15-12-20/h4,7H,1-3,5,8-15H2. The van der Waals surface area contributed by atoms with E-state index in [-0.39, 0.29) is 0 Å². The predicted molar refractivity (Wildman–Crippen MR) is 86.5 cm³/mol. The van der Waals surface area contributed by atoms with Crippen LogP contribution in [0.3, 0.4) is 0 Å². The van der Waals surface area contributed by atoms with E-state index in [9.17, 15) is 0 Å². The Hall–Kier alpha value is -1.33. The molecule has 1 radical (unpaired) electrons. The third-order valence-electron chi connectivity index (χ3n) is 4.31. The summed E-state index contributed by atoms with van der Waals surface area (Å²) in [6.07, 6.45) is 6.92. The molecular weight excluding hydrogens is 278 g/mol. The molecule has 22 heavy (non-hydrogen) atoms. The van der Waals surface area contributed by atoms with Gasteiger partial charge in [-0.2, -0.15) is 0 Å². The summed E-state index contributed by atoms with van der Waals surface area (Å²) in [6.45, 7) is 7.61. The first-order chi connectivity index (χ1) is 10.9. The fraction of sp³-hybridized carbons (Fsp3) is 0.706. The molecule has 2 aliphatic rings. The molecule has 0 amide bonds. The number of piperidine rings is 1. The van der Waals surface area contributed by atoms with Crippen molar-refractivity contribution >= 4 is 5.82 Å². The molecule has 2 aliphatic heterocycles.